The van der Waals surface area contributed by atoms with Crippen molar-refractivity contribution in [1.29, 1.82) is 0 Å². The predicted molar refractivity (Wildman–Crippen MR) is 76.7 cm³/mol. The zero-order chi connectivity index (χ0) is 13.2. The van der Waals surface area contributed by atoms with Crippen molar-refractivity contribution in [3.8, 4) is 0 Å². The van der Waals surface area contributed by atoms with Crippen LogP contribution in [0.25, 0.3) is 10.9 Å². The molecule has 0 aliphatic rings. The van der Waals surface area contributed by atoms with E-state index in [1.807, 2.05) is 34.9 Å². The number of para-hydroxylation sites is 1. The fourth-order valence-electron chi connectivity index (χ4n) is 2.07. The molecule has 3 aromatic rings. The van der Waals surface area contributed by atoms with E-state index in [1.54, 1.807) is 18.5 Å². The highest BCUT2D eigenvalue weighted by molar-refractivity contribution is 7.71. The molecule has 1 aromatic carbocycles. The third-order valence-electron chi connectivity index (χ3n) is 2.97. The summed E-state index contributed by atoms with van der Waals surface area (Å²) in [7, 11) is 0. The van der Waals surface area contributed by atoms with E-state index >= 15 is 0 Å². The number of nitrogens with one attached hydrogen (secondary N) is 1. The first-order chi connectivity index (χ1) is 9.25. The van der Waals surface area contributed by atoms with Crippen molar-refractivity contribution in [1.82, 2.24) is 14.5 Å². The molecule has 3 rings (SSSR count). The zero-order valence-corrected chi connectivity index (χ0v) is 10.9. The minimum absolute atomic E-state index is 0.150. The summed E-state index contributed by atoms with van der Waals surface area (Å²) >= 11 is 5.25. The van der Waals surface area contributed by atoms with Crippen molar-refractivity contribution in [3.63, 3.8) is 0 Å². The van der Waals surface area contributed by atoms with E-state index in [2.05, 4.69) is 9.97 Å². The van der Waals surface area contributed by atoms with Gasteiger partial charge in [-0.2, -0.15) is 0 Å². The highest BCUT2D eigenvalue weighted by atomic mass is 32.1. The lowest BCUT2D eigenvalue weighted by molar-refractivity contribution is 0.779. The molecule has 0 bridgehead atoms. The molecule has 0 saturated carbocycles. The van der Waals surface area contributed by atoms with Gasteiger partial charge < -0.3 is 4.57 Å². The minimum atomic E-state index is -0.150. The topological polar surface area (TPSA) is 50.7 Å². The van der Waals surface area contributed by atoms with Crippen LogP contribution in [0.15, 0.2) is 53.6 Å². The molecular formula is C14H11N3OS. The molecule has 0 aliphatic carbocycles. The molecule has 5 heteroatoms. The van der Waals surface area contributed by atoms with Crippen molar-refractivity contribution in [2.75, 3.05) is 0 Å². The van der Waals surface area contributed by atoms with Crippen LogP contribution in [0, 0.1) is 4.77 Å². The van der Waals surface area contributed by atoms with Gasteiger partial charge in [0.25, 0.3) is 5.56 Å². The van der Waals surface area contributed by atoms with Crippen molar-refractivity contribution >= 4 is 23.1 Å². The molecule has 94 valence electrons. The van der Waals surface area contributed by atoms with Gasteiger partial charge in [0.2, 0.25) is 0 Å². The second-order valence-electron chi connectivity index (χ2n) is 4.22. The molecule has 0 spiro atoms. The quantitative estimate of drug-likeness (QED) is 0.727. The number of aromatic nitrogens is 3. The fraction of sp³-hybridized carbons (Fsp3) is 0.0714. The monoisotopic (exact) mass is 269 g/mol. The van der Waals surface area contributed by atoms with Crippen LogP contribution in [-0.4, -0.2) is 14.5 Å². The summed E-state index contributed by atoms with van der Waals surface area (Å²) in [4.78, 5) is 18.6. The smallest absolute Gasteiger partial charge is 0.259 e. The second kappa shape index (κ2) is 4.78. The summed E-state index contributed by atoms with van der Waals surface area (Å²) in [5.74, 6) is 0. The summed E-state index contributed by atoms with van der Waals surface area (Å²) in [5, 5.41) is 0.639. The molecule has 4 nitrogen and oxygen atoms in total. The maximum absolute atomic E-state index is 11.9. The number of aromatic amines is 1. The lowest BCUT2D eigenvalue weighted by Crippen LogP contribution is -2.15. The Balaban J connectivity index is 2.24. The molecule has 0 amide bonds. The zero-order valence-electron chi connectivity index (χ0n) is 10.0. The maximum atomic E-state index is 11.9. The molecule has 0 unspecified atom stereocenters. The van der Waals surface area contributed by atoms with Crippen LogP contribution < -0.4 is 5.56 Å². The second-order valence-corrected chi connectivity index (χ2v) is 4.61. The number of pyridine rings is 1. The summed E-state index contributed by atoms with van der Waals surface area (Å²) in [5.41, 5.74) is 1.72. The van der Waals surface area contributed by atoms with Crippen LogP contribution >= 0.6 is 12.2 Å². The average molecular weight is 269 g/mol. The molecule has 2 heterocycles. The van der Waals surface area contributed by atoms with Gasteiger partial charge in [-0.3, -0.25) is 14.8 Å². The summed E-state index contributed by atoms with van der Waals surface area (Å²) in [6.45, 7) is 0.587. The molecule has 0 fully saturated rings. The van der Waals surface area contributed by atoms with E-state index in [1.165, 1.54) is 0 Å². The number of rotatable bonds is 2. The van der Waals surface area contributed by atoms with Crippen LogP contribution in [0.2, 0.25) is 0 Å². The number of benzene rings is 1. The Bertz CT molecular complexity index is 836. The van der Waals surface area contributed by atoms with E-state index < -0.39 is 0 Å². The van der Waals surface area contributed by atoms with Crippen molar-refractivity contribution in [3.05, 3.63) is 69.5 Å². The highest BCUT2D eigenvalue weighted by Gasteiger charge is 2.05. The number of H-pyrrole nitrogens is 1. The Morgan fingerprint density at radius 3 is 2.84 bits per heavy atom. The van der Waals surface area contributed by atoms with Crippen LogP contribution in [0.3, 0.4) is 0 Å². The van der Waals surface area contributed by atoms with Gasteiger partial charge in [-0.1, -0.05) is 18.2 Å². The minimum Gasteiger partial charge on any atom is -0.313 e. The highest BCUT2D eigenvalue weighted by Crippen LogP contribution is 2.11. The molecular weight excluding hydrogens is 258 g/mol. The van der Waals surface area contributed by atoms with Gasteiger partial charge in [-0.05, 0) is 36.0 Å². The van der Waals surface area contributed by atoms with Gasteiger partial charge in [-0.25, -0.2) is 0 Å². The van der Waals surface area contributed by atoms with Gasteiger partial charge in [0.05, 0.1) is 17.4 Å². The van der Waals surface area contributed by atoms with Crippen molar-refractivity contribution in [2.45, 2.75) is 6.54 Å². The van der Waals surface area contributed by atoms with Crippen molar-refractivity contribution in [2.24, 2.45) is 0 Å². The van der Waals surface area contributed by atoms with Gasteiger partial charge in [-0.15, -0.1) is 0 Å². The first-order valence-electron chi connectivity index (χ1n) is 5.86. The van der Waals surface area contributed by atoms with Gasteiger partial charge >= 0.3 is 0 Å². The molecule has 0 atom stereocenters. The van der Waals surface area contributed by atoms with Gasteiger partial charge in [0.1, 0.15) is 0 Å². The Kier molecular flexibility index (Phi) is 2.97. The molecule has 0 aliphatic heterocycles. The third-order valence-corrected chi connectivity index (χ3v) is 3.29. The Labute approximate surface area is 114 Å². The fourth-order valence-corrected chi connectivity index (χ4v) is 2.33. The Morgan fingerprint density at radius 2 is 2.05 bits per heavy atom. The summed E-state index contributed by atoms with van der Waals surface area (Å²) < 4.78 is 2.33. The van der Waals surface area contributed by atoms with E-state index in [0.29, 0.717) is 16.7 Å². The van der Waals surface area contributed by atoms with E-state index in [-0.39, 0.29) is 5.56 Å². The maximum Gasteiger partial charge on any atom is 0.259 e. The van der Waals surface area contributed by atoms with Crippen LogP contribution in [0.4, 0.5) is 0 Å². The Morgan fingerprint density at radius 1 is 1.21 bits per heavy atom. The van der Waals surface area contributed by atoms with E-state index in [0.717, 1.165) is 11.1 Å². The number of hydrogen-bond donors (Lipinski definition) is 1. The SMILES string of the molecule is O=c1[nH]c(=S)n(Cc2cccnc2)c2ccccc12. The molecule has 1 N–H and O–H groups in total. The third kappa shape index (κ3) is 2.20. The molecule has 19 heavy (non-hydrogen) atoms. The van der Waals surface area contributed by atoms with Crippen LogP contribution in [0.5, 0.6) is 0 Å². The van der Waals surface area contributed by atoms with Gasteiger partial charge in [0.15, 0.2) is 4.77 Å². The van der Waals surface area contributed by atoms with E-state index in [9.17, 15) is 4.79 Å². The average Bonchev–Trinajstić information content (AvgIpc) is 2.45. The first kappa shape index (κ1) is 11.8. The predicted octanol–water partition coefficient (Wildman–Crippen LogP) is 2.50. The number of fused-ring (bicyclic) bond motifs is 1. The van der Waals surface area contributed by atoms with Crippen LogP contribution in [-0.2, 0) is 6.54 Å². The standard InChI is InChI=1S/C14H11N3OS/c18-13-11-5-1-2-6-12(11)17(14(19)16-13)9-10-4-3-7-15-8-10/h1-8H,9H2,(H,16,18,19). The normalized spacial score (nSPS) is 10.7. The number of hydrogen-bond acceptors (Lipinski definition) is 3. The Hall–Kier alpha value is -2.27. The lowest BCUT2D eigenvalue weighted by Gasteiger charge is -2.10. The molecule has 0 saturated heterocycles. The summed E-state index contributed by atoms with van der Waals surface area (Å²) in [6.07, 6.45) is 3.52. The van der Waals surface area contributed by atoms with Gasteiger partial charge in [0, 0.05) is 12.4 Å². The number of nitrogens with zero attached hydrogens (tertiary/aromatic N) is 2. The molecule has 2 aromatic heterocycles. The van der Waals surface area contributed by atoms with E-state index in [4.69, 9.17) is 12.2 Å². The van der Waals surface area contributed by atoms with Crippen LogP contribution in [0.1, 0.15) is 5.56 Å². The largest absolute Gasteiger partial charge is 0.313 e. The lowest BCUT2D eigenvalue weighted by atomic mass is 10.2. The van der Waals surface area contributed by atoms with Crippen molar-refractivity contribution < 1.29 is 0 Å². The first-order valence-corrected chi connectivity index (χ1v) is 6.27. The summed E-state index contributed by atoms with van der Waals surface area (Å²) in [6, 6.07) is 11.3. The molecule has 0 radical (unpaired) electrons.